The summed E-state index contributed by atoms with van der Waals surface area (Å²) in [6, 6.07) is 8.13. The molecule has 0 aromatic heterocycles. The molecule has 1 aromatic carbocycles. The first-order valence-corrected chi connectivity index (χ1v) is 5.46. The fourth-order valence-corrected chi connectivity index (χ4v) is 1.63. The van der Waals surface area contributed by atoms with Crippen LogP contribution in [0.15, 0.2) is 24.3 Å². The highest BCUT2D eigenvalue weighted by Crippen LogP contribution is 2.14. The maximum atomic E-state index is 11.8. The van der Waals surface area contributed by atoms with E-state index in [1.165, 1.54) is 0 Å². The summed E-state index contributed by atoms with van der Waals surface area (Å²) in [6.45, 7) is 1.98. The van der Waals surface area contributed by atoms with E-state index in [1.54, 1.807) is 19.0 Å². The fraction of sp³-hybridized carbons (Fsp3) is 0.417. The van der Waals surface area contributed by atoms with Crippen LogP contribution in [0, 0.1) is 0 Å². The standard InChI is InChI=1S/C12H17N3O/c1-15(2)12(16)9-4-3-5-10(6-9)14-11-7-13-8-11/h3-6,11,13-14H,7-8H2,1-2H3. The molecule has 1 aliphatic rings. The number of amides is 1. The van der Waals surface area contributed by atoms with Gasteiger partial charge in [0.15, 0.2) is 0 Å². The van der Waals surface area contributed by atoms with E-state index >= 15 is 0 Å². The SMILES string of the molecule is CN(C)C(=O)c1cccc(NC2CNC2)c1. The van der Waals surface area contributed by atoms with Crippen LogP contribution in [0.2, 0.25) is 0 Å². The highest BCUT2D eigenvalue weighted by atomic mass is 16.2. The second-order valence-corrected chi connectivity index (χ2v) is 4.28. The van der Waals surface area contributed by atoms with Gasteiger partial charge < -0.3 is 15.5 Å². The van der Waals surface area contributed by atoms with E-state index in [0.717, 1.165) is 24.3 Å². The Labute approximate surface area is 95.6 Å². The van der Waals surface area contributed by atoms with E-state index in [9.17, 15) is 4.79 Å². The molecule has 4 heteroatoms. The van der Waals surface area contributed by atoms with Gasteiger partial charge in [0, 0.05) is 38.4 Å². The predicted molar refractivity (Wildman–Crippen MR) is 64.7 cm³/mol. The molecule has 1 fully saturated rings. The third-order valence-electron chi connectivity index (χ3n) is 2.67. The molecule has 0 bridgehead atoms. The third kappa shape index (κ3) is 2.33. The van der Waals surface area contributed by atoms with Gasteiger partial charge in [0.05, 0.1) is 6.04 Å². The van der Waals surface area contributed by atoms with E-state index in [4.69, 9.17) is 0 Å². The second-order valence-electron chi connectivity index (χ2n) is 4.28. The monoisotopic (exact) mass is 219 g/mol. The first kappa shape index (κ1) is 11.0. The number of nitrogens with one attached hydrogen (secondary N) is 2. The van der Waals surface area contributed by atoms with Gasteiger partial charge in [0.1, 0.15) is 0 Å². The Morgan fingerprint density at radius 2 is 2.19 bits per heavy atom. The van der Waals surface area contributed by atoms with Gasteiger partial charge in [0.25, 0.3) is 5.91 Å². The van der Waals surface area contributed by atoms with E-state index < -0.39 is 0 Å². The molecule has 1 saturated heterocycles. The first-order chi connectivity index (χ1) is 7.66. The molecule has 1 heterocycles. The van der Waals surface area contributed by atoms with Gasteiger partial charge in [-0.3, -0.25) is 4.79 Å². The molecule has 2 N–H and O–H groups in total. The highest BCUT2D eigenvalue weighted by Gasteiger charge is 2.16. The first-order valence-electron chi connectivity index (χ1n) is 5.46. The van der Waals surface area contributed by atoms with Crippen LogP contribution in [0.3, 0.4) is 0 Å². The van der Waals surface area contributed by atoms with Crippen molar-refractivity contribution in [2.75, 3.05) is 32.5 Å². The van der Waals surface area contributed by atoms with Crippen LogP contribution in [0.1, 0.15) is 10.4 Å². The Morgan fingerprint density at radius 1 is 1.44 bits per heavy atom. The van der Waals surface area contributed by atoms with Crippen LogP contribution in [-0.4, -0.2) is 44.0 Å². The topological polar surface area (TPSA) is 44.4 Å². The maximum absolute atomic E-state index is 11.8. The zero-order valence-corrected chi connectivity index (χ0v) is 9.66. The highest BCUT2D eigenvalue weighted by molar-refractivity contribution is 5.94. The van der Waals surface area contributed by atoms with Crippen molar-refractivity contribution < 1.29 is 4.79 Å². The molecule has 0 spiro atoms. The predicted octanol–water partition coefficient (Wildman–Crippen LogP) is 0.772. The minimum Gasteiger partial charge on any atom is -0.380 e. The molecule has 0 atom stereocenters. The van der Waals surface area contributed by atoms with Crippen molar-refractivity contribution in [1.82, 2.24) is 10.2 Å². The average Bonchev–Trinajstić information content (AvgIpc) is 2.23. The van der Waals surface area contributed by atoms with Crippen molar-refractivity contribution in [3.05, 3.63) is 29.8 Å². The molecule has 0 radical (unpaired) electrons. The summed E-state index contributed by atoms with van der Waals surface area (Å²) in [4.78, 5) is 13.3. The summed E-state index contributed by atoms with van der Waals surface area (Å²) in [6.07, 6.45) is 0. The summed E-state index contributed by atoms with van der Waals surface area (Å²) >= 11 is 0. The number of anilines is 1. The Morgan fingerprint density at radius 3 is 2.75 bits per heavy atom. The zero-order valence-electron chi connectivity index (χ0n) is 9.66. The van der Waals surface area contributed by atoms with E-state index in [0.29, 0.717) is 6.04 Å². The lowest BCUT2D eigenvalue weighted by molar-refractivity contribution is 0.0827. The summed E-state index contributed by atoms with van der Waals surface area (Å²) in [5.74, 6) is 0.0374. The lowest BCUT2D eigenvalue weighted by Gasteiger charge is -2.29. The molecular weight excluding hydrogens is 202 g/mol. The van der Waals surface area contributed by atoms with Gasteiger partial charge in [-0.1, -0.05) is 6.07 Å². The van der Waals surface area contributed by atoms with E-state index in [1.807, 2.05) is 24.3 Å². The van der Waals surface area contributed by atoms with E-state index in [2.05, 4.69) is 10.6 Å². The number of benzene rings is 1. The molecule has 2 rings (SSSR count). The summed E-state index contributed by atoms with van der Waals surface area (Å²) in [5, 5.41) is 6.58. The molecule has 86 valence electrons. The van der Waals surface area contributed by atoms with Gasteiger partial charge in [-0.15, -0.1) is 0 Å². The third-order valence-corrected chi connectivity index (χ3v) is 2.67. The van der Waals surface area contributed by atoms with Gasteiger partial charge in [-0.2, -0.15) is 0 Å². The molecule has 1 aliphatic heterocycles. The van der Waals surface area contributed by atoms with Crippen molar-refractivity contribution >= 4 is 11.6 Å². The molecular formula is C12H17N3O. The molecule has 16 heavy (non-hydrogen) atoms. The Balaban J connectivity index is 2.09. The van der Waals surface area contributed by atoms with Gasteiger partial charge >= 0.3 is 0 Å². The van der Waals surface area contributed by atoms with Gasteiger partial charge in [-0.25, -0.2) is 0 Å². The lowest BCUT2D eigenvalue weighted by atomic mass is 10.1. The Hall–Kier alpha value is -1.55. The minimum absolute atomic E-state index is 0.0374. The Bertz CT molecular complexity index is 386. The molecule has 1 aromatic rings. The van der Waals surface area contributed by atoms with Crippen LogP contribution in [0.4, 0.5) is 5.69 Å². The summed E-state index contributed by atoms with van der Waals surface area (Å²) < 4.78 is 0. The molecule has 0 aliphatic carbocycles. The largest absolute Gasteiger partial charge is 0.380 e. The smallest absolute Gasteiger partial charge is 0.253 e. The van der Waals surface area contributed by atoms with Crippen molar-refractivity contribution in [3.8, 4) is 0 Å². The number of nitrogens with zero attached hydrogens (tertiary/aromatic N) is 1. The quantitative estimate of drug-likeness (QED) is 0.789. The normalized spacial score (nSPS) is 15.4. The van der Waals surface area contributed by atoms with Crippen molar-refractivity contribution in [3.63, 3.8) is 0 Å². The average molecular weight is 219 g/mol. The van der Waals surface area contributed by atoms with Crippen LogP contribution in [0.25, 0.3) is 0 Å². The number of hydrogen-bond donors (Lipinski definition) is 2. The van der Waals surface area contributed by atoms with Crippen LogP contribution >= 0.6 is 0 Å². The number of carbonyl (C=O) groups excluding carboxylic acids is 1. The van der Waals surface area contributed by atoms with Gasteiger partial charge in [0.2, 0.25) is 0 Å². The second kappa shape index (κ2) is 4.53. The minimum atomic E-state index is 0.0374. The Kier molecular flexibility index (Phi) is 3.10. The van der Waals surface area contributed by atoms with Crippen molar-refractivity contribution in [2.45, 2.75) is 6.04 Å². The van der Waals surface area contributed by atoms with Crippen LogP contribution < -0.4 is 10.6 Å². The number of carbonyl (C=O) groups is 1. The lowest BCUT2D eigenvalue weighted by Crippen LogP contribution is -2.51. The van der Waals surface area contributed by atoms with Gasteiger partial charge in [-0.05, 0) is 18.2 Å². The van der Waals surface area contributed by atoms with Crippen LogP contribution in [-0.2, 0) is 0 Å². The summed E-state index contributed by atoms with van der Waals surface area (Å²) in [5.41, 5.74) is 1.74. The fourth-order valence-electron chi connectivity index (χ4n) is 1.63. The van der Waals surface area contributed by atoms with Crippen LogP contribution in [0.5, 0.6) is 0 Å². The molecule has 0 unspecified atom stereocenters. The zero-order chi connectivity index (χ0) is 11.5. The molecule has 1 amide bonds. The maximum Gasteiger partial charge on any atom is 0.253 e. The summed E-state index contributed by atoms with van der Waals surface area (Å²) in [7, 11) is 3.52. The number of rotatable bonds is 3. The van der Waals surface area contributed by atoms with E-state index in [-0.39, 0.29) is 5.91 Å². The molecule has 0 saturated carbocycles. The van der Waals surface area contributed by atoms with Crippen molar-refractivity contribution in [1.29, 1.82) is 0 Å². The number of hydrogen-bond acceptors (Lipinski definition) is 3. The van der Waals surface area contributed by atoms with Crippen molar-refractivity contribution in [2.24, 2.45) is 0 Å². The molecule has 4 nitrogen and oxygen atoms in total.